The minimum Gasteiger partial charge on any atom is -0.375 e. The molecular weight excluding hydrogens is 536 g/mol. The summed E-state index contributed by atoms with van der Waals surface area (Å²) < 4.78 is 0. The van der Waals surface area contributed by atoms with E-state index in [1.54, 1.807) is 12.4 Å². The van der Waals surface area contributed by atoms with Gasteiger partial charge in [0.05, 0.1) is 11.2 Å². The van der Waals surface area contributed by atoms with E-state index in [9.17, 15) is 0 Å². The minimum atomic E-state index is 0.902. The molecule has 0 bridgehead atoms. The summed E-state index contributed by atoms with van der Waals surface area (Å²) in [6, 6.07) is 16.5. The fraction of sp³-hybridized carbons (Fsp3) is 0.286. The van der Waals surface area contributed by atoms with Crippen molar-refractivity contribution < 1.29 is 0 Å². The van der Waals surface area contributed by atoms with Gasteiger partial charge in [-0.15, -0.1) is 11.3 Å². The molecule has 0 aliphatic carbocycles. The molecule has 4 aromatic rings. The van der Waals surface area contributed by atoms with Crippen molar-refractivity contribution in [3.05, 3.63) is 113 Å². The monoisotopic (exact) mass is 582 g/mol. The molecule has 6 nitrogen and oxygen atoms in total. The van der Waals surface area contributed by atoms with E-state index in [4.69, 9.17) is 0 Å². The molecule has 0 spiro atoms. The van der Waals surface area contributed by atoms with Crippen LogP contribution in [0.3, 0.4) is 0 Å². The first kappa shape index (κ1) is 32.4. The topological polar surface area (TPSA) is 68.0 Å². The lowest BCUT2D eigenvalue weighted by Gasteiger charge is -2.18. The van der Waals surface area contributed by atoms with Crippen molar-refractivity contribution in [2.24, 2.45) is 0 Å². The van der Waals surface area contributed by atoms with Gasteiger partial charge in [0, 0.05) is 40.4 Å². The third-order valence-corrected chi connectivity index (χ3v) is 7.93. The number of fused-ring (bicyclic) bond motifs is 1. The fourth-order valence-electron chi connectivity index (χ4n) is 4.63. The van der Waals surface area contributed by atoms with Gasteiger partial charge in [0.1, 0.15) is 0 Å². The predicted molar refractivity (Wildman–Crippen MR) is 186 cm³/mol. The predicted octanol–water partition coefficient (Wildman–Crippen LogP) is 8.67. The standard InChI is InChI=1S/C20H20N4.C9H18N2.C6H8S/c1-4-21-16-8-6-7-15(12-16)9-10-18-17-13-19(22-5-2)14(3)11-20(17)24-23-18;1-9-5-3-7-11(9)8-4-6-10-2;1-2-6-4-3-5-7-6/h4-13,21-22H,1-2H2,3H3,(H,23,24);10H,1,3-8H2,2H3;3-5H,2H2,1H3/b10-9+;;. The number of hydrogen-bond acceptors (Lipinski definition) is 6. The fourth-order valence-corrected chi connectivity index (χ4v) is 5.29. The molecule has 1 aliphatic rings. The second-order valence-corrected chi connectivity index (χ2v) is 11.1. The molecule has 0 unspecified atom stereocenters. The number of benzene rings is 2. The van der Waals surface area contributed by atoms with Gasteiger partial charge >= 0.3 is 0 Å². The van der Waals surface area contributed by atoms with Crippen molar-refractivity contribution in [1.82, 2.24) is 20.4 Å². The first-order valence-corrected chi connectivity index (χ1v) is 15.5. The summed E-state index contributed by atoms with van der Waals surface area (Å²) in [5.41, 5.74) is 7.53. The third kappa shape index (κ3) is 10.1. The Bertz CT molecular complexity index is 1430. The van der Waals surface area contributed by atoms with Crippen LogP contribution >= 0.6 is 11.3 Å². The maximum absolute atomic E-state index is 4.41. The zero-order valence-electron chi connectivity index (χ0n) is 25.4. The molecule has 1 fully saturated rings. The lowest BCUT2D eigenvalue weighted by Crippen LogP contribution is -2.21. The molecule has 222 valence electrons. The average Bonchev–Trinajstić information content (AvgIpc) is 3.76. The third-order valence-electron chi connectivity index (χ3n) is 6.91. The Morgan fingerprint density at radius 3 is 2.55 bits per heavy atom. The number of aromatic amines is 1. The Balaban J connectivity index is 0.000000220. The molecule has 0 amide bonds. The Kier molecular flexibility index (Phi) is 13.7. The van der Waals surface area contributed by atoms with E-state index < -0.39 is 0 Å². The highest BCUT2D eigenvalue weighted by Gasteiger charge is 2.13. The Morgan fingerprint density at radius 1 is 1.07 bits per heavy atom. The van der Waals surface area contributed by atoms with Crippen molar-refractivity contribution in [1.29, 1.82) is 0 Å². The highest BCUT2D eigenvalue weighted by atomic mass is 32.1. The summed E-state index contributed by atoms with van der Waals surface area (Å²) in [6.45, 7) is 19.2. The number of allylic oxidation sites excluding steroid dienone is 1. The molecule has 0 saturated carbocycles. The SMILES string of the molecule is C=C1CCCN1CCCNC.C=CNc1cccc(/C=C/c2n[nH]c3cc(C)c(NC=C)cc23)c1.CCc1cccs1. The van der Waals surface area contributed by atoms with Gasteiger partial charge in [0.15, 0.2) is 0 Å². The van der Waals surface area contributed by atoms with Gasteiger partial charge in [-0.05, 0) is 112 Å². The molecule has 2 aromatic heterocycles. The summed E-state index contributed by atoms with van der Waals surface area (Å²) in [7, 11) is 2.00. The maximum atomic E-state index is 4.41. The summed E-state index contributed by atoms with van der Waals surface area (Å²) >= 11 is 1.82. The number of aryl methyl sites for hydroxylation is 2. The first-order chi connectivity index (χ1) is 20.5. The number of H-pyrrole nitrogens is 1. The van der Waals surface area contributed by atoms with Crippen molar-refractivity contribution in [3.8, 4) is 0 Å². The number of likely N-dealkylation sites (tertiary alicyclic amines) is 1. The van der Waals surface area contributed by atoms with Gasteiger partial charge in [0.2, 0.25) is 0 Å². The summed E-state index contributed by atoms with van der Waals surface area (Å²) in [4.78, 5) is 3.87. The van der Waals surface area contributed by atoms with Gasteiger partial charge in [-0.3, -0.25) is 5.10 Å². The molecule has 7 heteroatoms. The van der Waals surface area contributed by atoms with E-state index in [1.807, 2.05) is 42.7 Å². The van der Waals surface area contributed by atoms with E-state index in [0.717, 1.165) is 45.6 Å². The van der Waals surface area contributed by atoms with Crippen molar-refractivity contribution >= 4 is 45.8 Å². The number of rotatable bonds is 11. The van der Waals surface area contributed by atoms with Gasteiger partial charge in [-0.2, -0.15) is 5.10 Å². The maximum Gasteiger partial charge on any atom is 0.0928 e. The quantitative estimate of drug-likeness (QED) is 0.133. The van der Waals surface area contributed by atoms with Crippen molar-refractivity contribution in [2.75, 3.05) is 37.3 Å². The number of nitrogens with one attached hydrogen (secondary N) is 4. The molecule has 1 saturated heterocycles. The molecular formula is C35H46N6S. The van der Waals surface area contributed by atoms with Crippen LogP contribution in [0.15, 0.2) is 91.7 Å². The number of anilines is 2. The van der Waals surface area contributed by atoms with Gasteiger partial charge < -0.3 is 20.9 Å². The average molecular weight is 583 g/mol. The van der Waals surface area contributed by atoms with Crippen LogP contribution in [0.4, 0.5) is 11.4 Å². The van der Waals surface area contributed by atoms with Crippen LogP contribution in [-0.4, -0.2) is 41.8 Å². The first-order valence-electron chi connectivity index (χ1n) is 14.6. The van der Waals surface area contributed by atoms with Crippen LogP contribution in [0, 0.1) is 6.92 Å². The van der Waals surface area contributed by atoms with E-state index >= 15 is 0 Å². The Hall–Kier alpha value is -4.07. The molecule has 3 heterocycles. The molecule has 5 rings (SSSR count). The summed E-state index contributed by atoms with van der Waals surface area (Å²) in [5.74, 6) is 0. The van der Waals surface area contributed by atoms with Crippen LogP contribution in [0.25, 0.3) is 23.1 Å². The zero-order valence-corrected chi connectivity index (χ0v) is 26.2. The van der Waals surface area contributed by atoms with E-state index in [2.05, 4.69) is 106 Å². The zero-order chi connectivity index (χ0) is 30.2. The molecule has 0 atom stereocenters. The number of nitrogens with zero attached hydrogens (tertiary/aromatic N) is 2. The van der Waals surface area contributed by atoms with E-state index in [1.165, 1.54) is 49.3 Å². The highest BCUT2D eigenvalue weighted by Crippen LogP contribution is 2.26. The van der Waals surface area contributed by atoms with E-state index in [-0.39, 0.29) is 0 Å². The van der Waals surface area contributed by atoms with Crippen LogP contribution in [0.2, 0.25) is 0 Å². The molecule has 42 heavy (non-hydrogen) atoms. The lowest BCUT2D eigenvalue weighted by molar-refractivity contribution is 0.384. The summed E-state index contributed by atoms with van der Waals surface area (Å²) in [5, 5.41) is 20.1. The van der Waals surface area contributed by atoms with Crippen LogP contribution < -0.4 is 16.0 Å². The van der Waals surface area contributed by atoms with Crippen LogP contribution in [0.1, 0.15) is 47.9 Å². The lowest BCUT2D eigenvalue weighted by atomic mass is 10.1. The molecule has 0 radical (unpaired) electrons. The largest absolute Gasteiger partial charge is 0.375 e. The molecule has 2 aromatic carbocycles. The van der Waals surface area contributed by atoms with Gasteiger partial charge in [-0.1, -0.05) is 50.9 Å². The summed E-state index contributed by atoms with van der Waals surface area (Å²) in [6.07, 6.45) is 12.3. The van der Waals surface area contributed by atoms with Crippen molar-refractivity contribution in [2.45, 2.75) is 39.5 Å². The molecule has 1 aliphatic heterocycles. The second-order valence-electron chi connectivity index (χ2n) is 10.0. The van der Waals surface area contributed by atoms with E-state index in [0.29, 0.717) is 0 Å². The Morgan fingerprint density at radius 2 is 1.90 bits per heavy atom. The molecule has 4 N–H and O–H groups in total. The number of aromatic nitrogens is 2. The number of thiophene rings is 1. The smallest absolute Gasteiger partial charge is 0.0928 e. The van der Waals surface area contributed by atoms with Gasteiger partial charge in [0.25, 0.3) is 0 Å². The van der Waals surface area contributed by atoms with Gasteiger partial charge in [-0.25, -0.2) is 0 Å². The van der Waals surface area contributed by atoms with Crippen LogP contribution in [-0.2, 0) is 6.42 Å². The minimum absolute atomic E-state index is 0.902. The van der Waals surface area contributed by atoms with Crippen LogP contribution in [0.5, 0.6) is 0 Å². The van der Waals surface area contributed by atoms with Crippen molar-refractivity contribution in [3.63, 3.8) is 0 Å². The highest BCUT2D eigenvalue weighted by molar-refractivity contribution is 7.09. The number of hydrogen-bond donors (Lipinski definition) is 4. The second kappa shape index (κ2) is 17.7. The normalized spacial score (nSPS) is 12.5. The Labute approximate surface area is 255 Å².